The standard InChI is InChI=1S/C11H17BN2O2/c1-12(15)14-7-3-5-11(9-14)16-10-4-2-6-13-8-10/h2,4,6,8,11,15H,3,5,7,9H2,1H3. The first kappa shape index (κ1) is 11.4. The van der Waals surface area contributed by atoms with Crippen molar-refractivity contribution in [2.75, 3.05) is 13.1 Å². The summed E-state index contributed by atoms with van der Waals surface area (Å²) in [7, 11) is -0.389. The molecule has 16 heavy (non-hydrogen) atoms. The molecule has 0 saturated carbocycles. The first-order valence-corrected chi connectivity index (χ1v) is 5.74. The second kappa shape index (κ2) is 5.32. The number of hydrogen-bond acceptors (Lipinski definition) is 4. The fraction of sp³-hybridized carbons (Fsp3) is 0.545. The van der Waals surface area contributed by atoms with Crippen molar-refractivity contribution in [1.29, 1.82) is 0 Å². The van der Waals surface area contributed by atoms with Gasteiger partial charge in [0.1, 0.15) is 11.9 Å². The Bertz CT molecular complexity index is 321. The van der Waals surface area contributed by atoms with Crippen LogP contribution >= 0.6 is 0 Å². The minimum Gasteiger partial charge on any atom is -0.488 e. The Morgan fingerprint density at radius 3 is 3.19 bits per heavy atom. The second-order valence-electron chi connectivity index (χ2n) is 4.20. The van der Waals surface area contributed by atoms with Gasteiger partial charge in [-0.1, -0.05) is 0 Å². The summed E-state index contributed by atoms with van der Waals surface area (Å²) in [4.78, 5) is 6.05. The number of hydrogen-bond donors (Lipinski definition) is 1. The molecular formula is C11H17BN2O2. The molecule has 0 aliphatic carbocycles. The normalized spacial score (nSPS) is 21.8. The lowest BCUT2D eigenvalue weighted by Crippen LogP contribution is -2.47. The van der Waals surface area contributed by atoms with Crippen molar-refractivity contribution >= 4 is 7.05 Å². The molecule has 86 valence electrons. The molecule has 1 saturated heterocycles. The van der Waals surface area contributed by atoms with Crippen LogP contribution in [0.5, 0.6) is 5.75 Å². The smallest absolute Gasteiger partial charge is 0.376 e. The molecule has 0 aromatic carbocycles. The van der Waals surface area contributed by atoms with Gasteiger partial charge in [-0.2, -0.15) is 0 Å². The molecule has 0 radical (unpaired) electrons. The van der Waals surface area contributed by atoms with Crippen molar-refractivity contribution in [1.82, 2.24) is 9.79 Å². The predicted molar refractivity (Wildman–Crippen MR) is 63.3 cm³/mol. The van der Waals surface area contributed by atoms with Crippen LogP contribution < -0.4 is 4.74 Å². The SMILES string of the molecule is CB(O)N1CCCC(Oc2cccnc2)C1. The van der Waals surface area contributed by atoms with E-state index in [0.717, 1.165) is 31.7 Å². The summed E-state index contributed by atoms with van der Waals surface area (Å²) in [5.41, 5.74) is 0. The van der Waals surface area contributed by atoms with Crippen LogP contribution in [0.2, 0.25) is 6.82 Å². The molecular weight excluding hydrogens is 203 g/mol. The summed E-state index contributed by atoms with van der Waals surface area (Å²) in [6.45, 7) is 3.53. The van der Waals surface area contributed by atoms with Gasteiger partial charge in [-0.05, 0) is 38.3 Å². The van der Waals surface area contributed by atoms with Crippen LogP contribution in [0, 0.1) is 0 Å². The number of piperidine rings is 1. The third-order valence-electron chi connectivity index (χ3n) is 2.88. The highest BCUT2D eigenvalue weighted by Crippen LogP contribution is 2.17. The van der Waals surface area contributed by atoms with E-state index in [0.29, 0.717) is 0 Å². The van der Waals surface area contributed by atoms with E-state index >= 15 is 0 Å². The van der Waals surface area contributed by atoms with E-state index in [1.807, 2.05) is 16.9 Å². The molecule has 2 heterocycles. The van der Waals surface area contributed by atoms with Crippen molar-refractivity contribution in [3.05, 3.63) is 24.5 Å². The summed E-state index contributed by atoms with van der Waals surface area (Å²) < 4.78 is 5.82. The molecule has 2 rings (SSSR count). The number of aromatic nitrogens is 1. The third-order valence-corrected chi connectivity index (χ3v) is 2.88. The molecule has 1 N–H and O–H groups in total. The molecule has 1 aromatic rings. The Hall–Kier alpha value is -1.07. The van der Waals surface area contributed by atoms with Gasteiger partial charge in [0, 0.05) is 12.7 Å². The molecule has 1 aliphatic rings. The molecule has 1 atom stereocenters. The van der Waals surface area contributed by atoms with Crippen LogP contribution in [-0.4, -0.2) is 41.1 Å². The molecule has 5 heteroatoms. The summed E-state index contributed by atoms with van der Waals surface area (Å²) in [6.07, 6.45) is 5.72. The van der Waals surface area contributed by atoms with E-state index in [1.54, 1.807) is 19.2 Å². The topological polar surface area (TPSA) is 45.6 Å². The average molecular weight is 220 g/mol. The number of pyridine rings is 1. The van der Waals surface area contributed by atoms with Gasteiger partial charge in [-0.3, -0.25) is 4.98 Å². The van der Waals surface area contributed by atoms with Gasteiger partial charge in [-0.15, -0.1) is 0 Å². The monoisotopic (exact) mass is 220 g/mol. The van der Waals surface area contributed by atoms with Crippen molar-refractivity contribution in [3.8, 4) is 5.75 Å². The zero-order valence-corrected chi connectivity index (χ0v) is 9.54. The number of ether oxygens (including phenoxy) is 1. The number of rotatable bonds is 3. The molecule has 0 bridgehead atoms. The van der Waals surface area contributed by atoms with Crippen LogP contribution in [0.4, 0.5) is 0 Å². The van der Waals surface area contributed by atoms with Crippen LogP contribution in [-0.2, 0) is 0 Å². The maximum Gasteiger partial charge on any atom is 0.376 e. The zero-order chi connectivity index (χ0) is 11.4. The summed E-state index contributed by atoms with van der Waals surface area (Å²) in [5.74, 6) is 0.806. The van der Waals surface area contributed by atoms with Crippen LogP contribution in [0.15, 0.2) is 24.5 Å². The predicted octanol–water partition coefficient (Wildman–Crippen LogP) is 1.04. The maximum absolute atomic E-state index is 9.52. The highest BCUT2D eigenvalue weighted by Gasteiger charge is 2.25. The molecule has 0 spiro atoms. The molecule has 1 unspecified atom stereocenters. The Labute approximate surface area is 96.4 Å². The van der Waals surface area contributed by atoms with Crippen molar-refractivity contribution in [2.24, 2.45) is 0 Å². The third kappa shape index (κ3) is 2.96. The van der Waals surface area contributed by atoms with E-state index in [2.05, 4.69) is 4.98 Å². The van der Waals surface area contributed by atoms with Crippen LogP contribution in [0.3, 0.4) is 0 Å². The largest absolute Gasteiger partial charge is 0.488 e. The summed E-state index contributed by atoms with van der Waals surface area (Å²) >= 11 is 0. The highest BCUT2D eigenvalue weighted by molar-refractivity contribution is 6.45. The van der Waals surface area contributed by atoms with E-state index in [-0.39, 0.29) is 13.2 Å². The molecule has 0 amide bonds. The Morgan fingerprint density at radius 1 is 1.62 bits per heavy atom. The van der Waals surface area contributed by atoms with Gasteiger partial charge in [0.2, 0.25) is 0 Å². The molecule has 1 fully saturated rings. The van der Waals surface area contributed by atoms with Gasteiger partial charge in [0.05, 0.1) is 6.20 Å². The minimum absolute atomic E-state index is 0.160. The van der Waals surface area contributed by atoms with Crippen molar-refractivity contribution < 1.29 is 9.76 Å². The van der Waals surface area contributed by atoms with Gasteiger partial charge in [0.15, 0.2) is 0 Å². The van der Waals surface area contributed by atoms with E-state index in [9.17, 15) is 5.02 Å². The molecule has 1 aliphatic heterocycles. The van der Waals surface area contributed by atoms with Crippen molar-refractivity contribution in [3.63, 3.8) is 0 Å². The molecule has 4 nitrogen and oxygen atoms in total. The lowest BCUT2D eigenvalue weighted by molar-refractivity contribution is 0.121. The highest BCUT2D eigenvalue weighted by atomic mass is 16.5. The minimum atomic E-state index is -0.389. The zero-order valence-electron chi connectivity index (χ0n) is 9.54. The average Bonchev–Trinajstić information content (AvgIpc) is 2.30. The van der Waals surface area contributed by atoms with E-state index in [4.69, 9.17) is 4.74 Å². The Kier molecular flexibility index (Phi) is 3.80. The van der Waals surface area contributed by atoms with Crippen LogP contribution in [0.25, 0.3) is 0 Å². The first-order chi connectivity index (χ1) is 7.75. The molecule has 1 aromatic heterocycles. The van der Waals surface area contributed by atoms with Gasteiger partial charge < -0.3 is 14.6 Å². The van der Waals surface area contributed by atoms with Crippen LogP contribution in [0.1, 0.15) is 12.8 Å². The van der Waals surface area contributed by atoms with E-state index in [1.165, 1.54) is 0 Å². The fourth-order valence-electron chi connectivity index (χ4n) is 2.01. The Balaban J connectivity index is 1.90. The van der Waals surface area contributed by atoms with Gasteiger partial charge >= 0.3 is 7.05 Å². The fourth-order valence-corrected chi connectivity index (χ4v) is 2.01. The number of nitrogens with zero attached hydrogens (tertiary/aromatic N) is 2. The van der Waals surface area contributed by atoms with E-state index < -0.39 is 0 Å². The lowest BCUT2D eigenvalue weighted by atomic mass is 9.82. The van der Waals surface area contributed by atoms with Gasteiger partial charge in [0.25, 0.3) is 0 Å². The summed E-state index contributed by atoms with van der Waals surface area (Å²) in [5, 5.41) is 9.52. The maximum atomic E-state index is 9.52. The Morgan fingerprint density at radius 2 is 2.50 bits per heavy atom. The van der Waals surface area contributed by atoms with Crippen molar-refractivity contribution in [2.45, 2.75) is 25.8 Å². The second-order valence-corrected chi connectivity index (χ2v) is 4.20. The van der Waals surface area contributed by atoms with Gasteiger partial charge in [-0.25, -0.2) is 0 Å². The lowest BCUT2D eigenvalue weighted by Gasteiger charge is -2.33. The first-order valence-electron chi connectivity index (χ1n) is 5.74. The summed E-state index contributed by atoms with van der Waals surface area (Å²) in [6, 6.07) is 3.78. The quantitative estimate of drug-likeness (QED) is 0.773.